The number of likely N-dealkylation sites (N-methyl/N-ethyl adjacent to an activating group) is 1. The van der Waals surface area contributed by atoms with E-state index in [1.807, 2.05) is 23.1 Å². The number of carbonyl (C=O) groups excluding carboxylic acids is 1. The number of benzene rings is 1. The van der Waals surface area contributed by atoms with Crippen molar-refractivity contribution in [3.63, 3.8) is 0 Å². The summed E-state index contributed by atoms with van der Waals surface area (Å²) in [7, 11) is 0. The van der Waals surface area contributed by atoms with Crippen LogP contribution in [-0.2, 0) is 4.79 Å². The molecular formula is C16H21N3OS. The van der Waals surface area contributed by atoms with Crippen LogP contribution < -0.4 is 0 Å². The van der Waals surface area contributed by atoms with E-state index in [-0.39, 0.29) is 11.3 Å². The highest BCUT2D eigenvalue weighted by Gasteiger charge is 2.32. The number of thioether (sulfide) groups is 1. The monoisotopic (exact) mass is 303 g/mol. The van der Waals surface area contributed by atoms with Gasteiger partial charge in [0.1, 0.15) is 5.37 Å². The lowest BCUT2D eigenvalue weighted by molar-refractivity contribution is -0.128. The second-order valence-electron chi connectivity index (χ2n) is 5.01. The standard InChI is InChI=1S/C16H21N3OS/c1-3-18(4-2)8-9-19-15(20)12-21-16(19)14-7-5-6-13(10-14)11-17/h5-7,10,16H,3-4,8-9,12H2,1-2H3. The molecule has 112 valence electrons. The van der Waals surface area contributed by atoms with Gasteiger partial charge in [0, 0.05) is 13.1 Å². The molecule has 1 aliphatic heterocycles. The minimum atomic E-state index is 0.0429. The second kappa shape index (κ2) is 7.48. The maximum atomic E-state index is 12.1. The van der Waals surface area contributed by atoms with Crippen molar-refractivity contribution in [3.8, 4) is 6.07 Å². The van der Waals surface area contributed by atoms with Crippen molar-refractivity contribution in [2.75, 3.05) is 31.9 Å². The highest BCUT2D eigenvalue weighted by molar-refractivity contribution is 8.00. The maximum Gasteiger partial charge on any atom is 0.233 e. The molecule has 0 aromatic heterocycles. The smallest absolute Gasteiger partial charge is 0.233 e. The van der Waals surface area contributed by atoms with E-state index in [4.69, 9.17) is 5.26 Å². The van der Waals surface area contributed by atoms with Crippen LogP contribution in [0.2, 0.25) is 0 Å². The number of hydrogen-bond acceptors (Lipinski definition) is 4. The highest BCUT2D eigenvalue weighted by atomic mass is 32.2. The Hall–Kier alpha value is -1.51. The first kappa shape index (κ1) is 15.9. The third kappa shape index (κ3) is 3.78. The molecule has 21 heavy (non-hydrogen) atoms. The summed E-state index contributed by atoms with van der Waals surface area (Å²) >= 11 is 1.65. The summed E-state index contributed by atoms with van der Waals surface area (Å²) in [5.74, 6) is 0.721. The predicted octanol–water partition coefficient (Wildman–Crippen LogP) is 2.47. The lowest BCUT2D eigenvalue weighted by Gasteiger charge is -2.27. The van der Waals surface area contributed by atoms with Crippen LogP contribution in [0.4, 0.5) is 0 Å². The molecule has 5 heteroatoms. The zero-order valence-corrected chi connectivity index (χ0v) is 13.4. The summed E-state index contributed by atoms with van der Waals surface area (Å²) in [5.41, 5.74) is 1.69. The van der Waals surface area contributed by atoms with Crippen LogP contribution in [0.5, 0.6) is 0 Å². The normalized spacial score (nSPS) is 18.3. The van der Waals surface area contributed by atoms with Crippen molar-refractivity contribution < 1.29 is 4.79 Å². The van der Waals surface area contributed by atoms with Gasteiger partial charge in [-0.25, -0.2) is 0 Å². The predicted molar refractivity (Wildman–Crippen MR) is 85.9 cm³/mol. The van der Waals surface area contributed by atoms with Crippen LogP contribution in [0.1, 0.15) is 30.3 Å². The third-order valence-corrected chi connectivity index (χ3v) is 5.08. The van der Waals surface area contributed by atoms with Crippen LogP contribution >= 0.6 is 11.8 Å². The Morgan fingerprint density at radius 3 is 2.86 bits per heavy atom. The van der Waals surface area contributed by atoms with Crippen molar-refractivity contribution in [2.24, 2.45) is 0 Å². The van der Waals surface area contributed by atoms with E-state index >= 15 is 0 Å². The van der Waals surface area contributed by atoms with Gasteiger partial charge in [-0.2, -0.15) is 5.26 Å². The van der Waals surface area contributed by atoms with Gasteiger partial charge in [-0.15, -0.1) is 11.8 Å². The van der Waals surface area contributed by atoms with Gasteiger partial charge in [0.15, 0.2) is 0 Å². The molecule has 1 atom stereocenters. The van der Waals surface area contributed by atoms with Gasteiger partial charge in [0.25, 0.3) is 0 Å². The molecule has 1 aromatic carbocycles. The Morgan fingerprint density at radius 2 is 2.19 bits per heavy atom. The molecule has 1 saturated heterocycles. The molecule has 1 aromatic rings. The summed E-state index contributed by atoms with van der Waals surface area (Å²) in [6.45, 7) is 7.92. The second-order valence-corrected chi connectivity index (χ2v) is 6.08. The van der Waals surface area contributed by atoms with Crippen molar-refractivity contribution in [3.05, 3.63) is 35.4 Å². The van der Waals surface area contributed by atoms with E-state index in [1.54, 1.807) is 17.8 Å². The Labute approximate surface area is 130 Å². The maximum absolute atomic E-state index is 12.1. The van der Waals surface area contributed by atoms with Gasteiger partial charge in [-0.1, -0.05) is 26.0 Å². The fraction of sp³-hybridized carbons (Fsp3) is 0.500. The molecular weight excluding hydrogens is 282 g/mol. The minimum Gasteiger partial charge on any atom is -0.325 e. The van der Waals surface area contributed by atoms with Gasteiger partial charge in [0.2, 0.25) is 5.91 Å². The van der Waals surface area contributed by atoms with Crippen molar-refractivity contribution in [2.45, 2.75) is 19.2 Å². The average molecular weight is 303 g/mol. The van der Waals surface area contributed by atoms with Crippen molar-refractivity contribution in [1.82, 2.24) is 9.80 Å². The van der Waals surface area contributed by atoms with E-state index in [1.165, 1.54) is 0 Å². The minimum absolute atomic E-state index is 0.0429. The highest BCUT2D eigenvalue weighted by Crippen LogP contribution is 2.38. The van der Waals surface area contributed by atoms with E-state index in [2.05, 4.69) is 24.8 Å². The molecule has 0 N–H and O–H groups in total. The summed E-state index contributed by atoms with van der Waals surface area (Å²) in [6.07, 6.45) is 0. The molecule has 0 radical (unpaired) electrons. The van der Waals surface area contributed by atoms with E-state index in [9.17, 15) is 4.79 Å². The number of rotatable bonds is 6. The van der Waals surface area contributed by atoms with E-state index in [0.717, 1.165) is 31.7 Å². The number of nitrogens with zero attached hydrogens (tertiary/aromatic N) is 3. The van der Waals surface area contributed by atoms with Crippen LogP contribution in [0.3, 0.4) is 0 Å². The molecule has 1 amide bonds. The van der Waals surface area contributed by atoms with Crippen LogP contribution in [0.25, 0.3) is 0 Å². The van der Waals surface area contributed by atoms with Gasteiger partial charge < -0.3 is 9.80 Å². The van der Waals surface area contributed by atoms with Crippen LogP contribution in [0.15, 0.2) is 24.3 Å². The molecule has 0 aliphatic carbocycles. The number of nitriles is 1. The van der Waals surface area contributed by atoms with Crippen LogP contribution in [0, 0.1) is 11.3 Å². The van der Waals surface area contributed by atoms with Crippen molar-refractivity contribution >= 4 is 17.7 Å². The molecule has 0 spiro atoms. The number of amides is 1. The largest absolute Gasteiger partial charge is 0.325 e. The number of carbonyl (C=O) groups is 1. The molecule has 1 aliphatic rings. The first-order valence-corrected chi connectivity index (χ1v) is 8.38. The Balaban J connectivity index is 2.11. The zero-order chi connectivity index (χ0) is 15.2. The summed E-state index contributed by atoms with van der Waals surface area (Å²) < 4.78 is 0. The molecule has 1 heterocycles. The molecule has 1 fully saturated rings. The molecule has 4 nitrogen and oxygen atoms in total. The van der Waals surface area contributed by atoms with Gasteiger partial charge in [-0.05, 0) is 30.8 Å². The molecule has 2 rings (SSSR count). The van der Waals surface area contributed by atoms with Gasteiger partial charge in [-0.3, -0.25) is 4.79 Å². The molecule has 1 unspecified atom stereocenters. The van der Waals surface area contributed by atoms with Crippen molar-refractivity contribution in [1.29, 1.82) is 5.26 Å². The van der Waals surface area contributed by atoms with E-state index in [0.29, 0.717) is 11.3 Å². The first-order valence-electron chi connectivity index (χ1n) is 7.33. The SMILES string of the molecule is CCN(CC)CCN1C(=O)CSC1c1cccc(C#N)c1. The number of hydrogen-bond donors (Lipinski definition) is 0. The Bertz CT molecular complexity index is 537. The Morgan fingerprint density at radius 1 is 1.43 bits per heavy atom. The average Bonchev–Trinajstić information content (AvgIpc) is 2.89. The van der Waals surface area contributed by atoms with Gasteiger partial charge in [0.05, 0.1) is 17.4 Å². The summed E-state index contributed by atoms with van der Waals surface area (Å²) in [6, 6.07) is 9.74. The molecule has 0 saturated carbocycles. The fourth-order valence-electron chi connectivity index (χ4n) is 2.52. The topological polar surface area (TPSA) is 47.3 Å². The molecule has 0 bridgehead atoms. The van der Waals surface area contributed by atoms with E-state index < -0.39 is 0 Å². The lowest BCUT2D eigenvalue weighted by atomic mass is 10.1. The Kier molecular flexibility index (Phi) is 5.66. The summed E-state index contributed by atoms with van der Waals surface area (Å²) in [5, 5.41) is 9.06. The third-order valence-electron chi connectivity index (χ3n) is 3.82. The fourth-order valence-corrected chi connectivity index (χ4v) is 3.73. The zero-order valence-electron chi connectivity index (χ0n) is 12.6. The first-order chi connectivity index (χ1) is 10.2. The summed E-state index contributed by atoms with van der Waals surface area (Å²) in [4.78, 5) is 16.4. The lowest BCUT2D eigenvalue weighted by Crippen LogP contribution is -2.37. The van der Waals surface area contributed by atoms with Crippen LogP contribution in [-0.4, -0.2) is 47.6 Å². The quantitative estimate of drug-likeness (QED) is 0.810. The van der Waals surface area contributed by atoms with Gasteiger partial charge >= 0.3 is 0 Å².